The summed E-state index contributed by atoms with van der Waals surface area (Å²) in [5.41, 5.74) is 13.5. The number of hydrogen-bond donors (Lipinski definition) is 3. The molecule has 1 aliphatic rings. The third-order valence-corrected chi connectivity index (χ3v) is 5.38. The Kier molecular flexibility index (Phi) is 5.22. The Morgan fingerprint density at radius 1 is 1.18 bits per heavy atom. The second-order valence-corrected chi connectivity index (χ2v) is 7.36. The zero-order valence-corrected chi connectivity index (χ0v) is 16.1. The second kappa shape index (κ2) is 7.46. The van der Waals surface area contributed by atoms with Gasteiger partial charge in [-0.2, -0.15) is 5.10 Å². The fourth-order valence-corrected chi connectivity index (χ4v) is 3.93. The minimum Gasteiger partial charge on any atom is -0.368 e. The number of carbonyl (C=O) groups is 3. The quantitative estimate of drug-likeness (QED) is 0.690. The molecule has 28 heavy (non-hydrogen) atoms. The standard InChI is InChI=1S/C20H25N5O3/c1-12-17(13(2)25(24-12)11-16(21)26)14-6-5-7-15(10-14)18(27)23-20(19(22)28)8-3-4-9-20/h5-7,10H,3-4,8-9,11H2,1-2H3,(H2,21,26)(H2,22,28)(H,23,27). The van der Waals surface area contributed by atoms with Crippen molar-refractivity contribution >= 4 is 17.7 Å². The maximum Gasteiger partial charge on any atom is 0.252 e. The molecule has 1 aromatic heterocycles. The number of primary amides is 2. The maximum absolute atomic E-state index is 12.8. The molecular formula is C20H25N5O3. The van der Waals surface area contributed by atoms with Gasteiger partial charge in [0.25, 0.3) is 5.91 Å². The molecule has 0 radical (unpaired) electrons. The number of hydrogen-bond acceptors (Lipinski definition) is 4. The number of rotatable bonds is 6. The number of nitrogens with two attached hydrogens (primary N) is 2. The lowest BCUT2D eigenvalue weighted by molar-refractivity contribution is -0.124. The largest absolute Gasteiger partial charge is 0.368 e. The van der Waals surface area contributed by atoms with Crippen LogP contribution in [0.1, 0.15) is 47.4 Å². The fraction of sp³-hybridized carbons (Fsp3) is 0.400. The zero-order chi connectivity index (χ0) is 20.5. The molecule has 1 aliphatic carbocycles. The highest BCUT2D eigenvalue weighted by Gasteiger charge is 2.41. The lowest BCUT2D eigenvalue weighted by atomic mass is 9.95. The molecule has 0 spiro atoms. The van der Waals surface area contributed by atoms with Gasteiger partial charge in [0.05, 0.1) is 5.69 Å². The molecule has 0 unspecified atom stereocenters. The molecule has 3 amide bonds. The number of nitrogens with one attached hydrogen (secondary N) is 1. The van der Waals surface area contributed by atoms with E-state index >= 15 is 0 Å². The topological polar surface area (TPSA) is 133 Å². The van der Waals surface area contributed by atoms with Crippen molar-refractivity contribution < 1.29 is 14.4 Å². The van der Waals surface area contributed by atoms with Gasteiger partial charge in [-0.05, 0) is 44.4 Å². The van der Waals surface area contributed by atoms with Gasteiger partial charge < -0.3 is 16.8 Å². The fourth-order valence-electron chi connectivity index (χ4n) is 3.93. The molecule has 0 saturated heterocycles. The van der Waals surface area contributed by atoms with Crippen LogP contribution < -0.4 is 16.8 Å². The summed E-state index contributed by atoms with van der Waals surface area (Å²) in [5, 5.41) is 7.22. The van der Waals surface area contributed by atoms with Crippen molar-refractivity contribution in [2.24, 2.45) is 11.5 Å². The number of aromatic nitrogens is 2. The zero-order valence-electron chi connectivity index (χ0n) is 16.1. The van der Waals surface area contributed by atoms with Gasteiger partial charge in [0, 0.05) is 16.8 Å². The molecule has 148 valence electrons. The lowest BCUT2D eigenvalue weighted by Gasteiger charge is -2.26. The molecule has 3 rings (SSSR count). The van der Waals surface area contributed by atoms with Crippen molar-refractivity contribution in [3.05, 3.63) is 41.2 Å². The molecule has 8 heteroatoms. The Labute approximate surface area is 163 Å². The Hall–Kier alpha value is -3.16. The third-order valence-electron chi connectivity index (χ3n) is 5.38. The van der Waals surface area contributed by atoms with E-state index in [1.165, 1.54) is 0 Å². The molecule has 8 nitrogen and oxygen atoms in total. The van der Waals surface area contributed by atoms with Crippen LogP contribution in [0.2, 0.25) is 0 Å². The monoisotopic (exact) mass is 383 g/mol. The van der Waals surface area contributed by atoms with Crippen LogP contribution in [0, 0.1) is 13.8 Å². The molecule has 0 atom stereocenters. The van der Waals surface area contributed by atoms with Gasteiger partial charge in [-0.1, -0.05) is 25.0 Å². The summed E-state index contributed by atoms with van der Waals surface area (Å²) in [4.78, 5) is 36.0. The molecule has 1 fully saturated rings. The summed E-state index contributed by atoms with van der Waals surface area (Å²) in [6.07, 6.45) is 2.85. The van der Waals surface area contributed by atoms with Gasteiger partial charge in [-0.15, -0.1) is 0 Å². The lowest BCUT2D eigenvalue weighted by Crippen LogP contribution is -2.55. The molecule has 2 aromatic rings. The minimum atomic E-state index is -0.967. The predicted octanol–water partition coefficient (Wildman–Crippen LogP) is 1.18. The number of benzene rings is 1. The highest BCUT2D eigenvalue weighted by atomic mass is 16.2. The summed E-state index contributed by atoms with van der Waals surface area (Å²) < 4.78 is 1.56. The third kappa shape index (κ3) is 3.62. The normalized spacial score (nSPS) is 15.4. The van der Waals surface area contributed by atoms with Crippen molar-refractivity contribution in [1.82, 2.24) is 15.1 Å². The van der Waals surface area contributed by atoms with Gasteiger partial charge in [0.2, 0.25) is 11.8 Å². The van der Waals surface area contributed by atoms with E-state index in [0.717, 1.165) is 35.4 Å². The summed E-state index contributed by atoms with van der Waals surface area (Å²) in [7, 11) is 0. The molecule has 1 aromatic carbocycles. The average molecular weight is 383 g/mol. The number of amides is 3. The first-order valence-corrected chi connectivity index (χ1v) is 9.29. The van der Waals surface area contributed by atoms with E-state index in [2.05, 4.69) is 10.4 Å². The minimum absolute atomic E-state index is 0.00597. The average Bonchev–Trinajstić information content (AvgIpc) is 3.20. The van der Waals surface area contributed by atoms with E-state index in [9.17, 15) is 14.4 Å². The van der Waals surface area contributed by atoms with E-state index in [1.807, 2.05) is 19.9 Å². The van der Waals surface area contributed by atoms with Crippen molar-refractivity contribution in [2.45, 2.75) is 51.6 Å². The summed E-state index contributed by atoms with van der Waals surface area (Å²) in [5.74, 6) is -1.30. The highest BCUT2D eigenvalue weighted by molar-refractivity contribution is 6.00. The molecule has 1 saturated carbocycles. The number of nitrogens with zero attached hydrogens (tertiary/aromatic N) is 2. The molecular weight excluding hydrogens is 358 g/mol. The van der Waals surface area contributed by atoms with Crippen LogP contribution >= 0.6 is 0 Å². The van der Waals surface area contributed by atoms with Crippen LogP contribution in [0.4, 0.5) is 0 Å². The van der Waals surface area contributed by atoms with Crippen LogP contribution in [-0.2, 0) is 16.1 Å². The first kappa shape index (κ1) is 19.6. The van der Waals surface area contributed by atoms with Gasteiger partial charge in [-0.25, -0.2) is 0 Å². The summed E-state index contributed by atoms with van der Waals surface area (Å²) in [6, 6.07) is 7.10. The van der Waals surface area contributed by atoms with Crippen molar-refractivity contribution in [2.75, 3.05) is 0 Å². The van der Waals surface area contributed by atoms with Gasteiger partial charge in [-0.3, -0.25) is 19.1 Å². The van der Waals surface area contributed by atoms with Crippen molar-refractivity contribution in [1.29, 1.82) is 0 Å². The maximum atomic E-state index is 12.8. The molecule has 1 heterocycles. The van der Waals surface area contributed by atoms with Crippen LogP contribution in [0.25, 0.3) is 11.1 Å². The van der Waals surface area contributed by atoms with E-state index in [-0.39, 0.29) is 12.5 Å². The Morgan fingerprint density at radius 3 is 2.46 bits per heavy atom. The van der Waals surface area contributed by atoms with Crippen LogP contribution in [0.3, 0.4) is 0 Å². The Morgan fingerprint density at radius 2 is 1.86 bits per heavy atom. The smallest absolute Gasteiger partial charge is 0.252 e. The van der Waals surface area contributed by atoms with E-state index in [4.69, 9.17) is 11.5 Å². The van der Waals surface area contributed by atoms with Crippen LogP contribution in [0.5, 0.6) is 0 Å². The first-order chi connectivity index (χ1) is 13.2. The highest BCUT2D eigenvalue weighted by Crippen LogP contribution is 2.31. The first-order valence-electron chi connectivity index (χ1n) is 9.29. The van der Waals surface area contributed by atoms with Crippen LogP contribution in [0.15, 0.2) is 24.3 Å². The molecule has 5 N–H and O–H groups in total. The van der Waals surface area contributed by atoms with Crippen molar-refractivity contribution in [3.63, 3.8) is 0 Å². The Balaban J connectivity index is 1.91. The predicted molar refractivity (Wildman–Crippen MR) is 104 cm³/mol. The number of aryl methyl sites for hydroxylation is 1. The number of carbonyl (C=O) groups excluding carboxylic acids is 3. The second-order valence-electron chi connectivity index (χ2n) is 7.36. The van der Waals surface area contributed by atoms with Gasteiger partial charge in [0.15, 0.2) is 0 Å². The molecule has 0 aliphatic heterocycles. The SMILES string of the molecule is Cc1nn(CC(N)=O)c(C)c1-c1cccc(C(=O)NC2(C(N)=O)CCCC2)c1. The van der Waals surface area contributed by atoms with Crippen molar-refractivity contribution in [3.8, 4) is 11.1 Å². The Bertz CT molecular complexity index is 941. The molecule has 0 bridgehead atoms. The van der Waals surface area contributed by atoms with Crippen LogP contribution in [-0.4, -0.2) is 33.0 Å². The van der Waals surface area contributed by atoms with Gasteiger partial charge >= 0.3 is 0 Å². The van der Waals surface area contributed by atoms with E-state index < -0.39 is 17.4 Å². The van der Waals surface area contributed by atoms with Gasteiger partial charge in [0.1, 0.15) is 12.1 Å². The van der Waals surface area contributed by atoms with E-state index in [1.54, 1.807) is 22.9 Å². The summed E-state index contributed by atoms with van der Waals surface area (Å²) >= 11 is 0. The van der Waals surface area contributed by atoms with E-state index in [0.29, 0.717) is 18.4 Å². The summed E-state index contributed by atoms with van der Waals surface area (Å²) in [6.45, 7) is 3.69.